The fourth-order valence-electron chi connectivity index (χ4n) is 1.88. The van der Waals surface area contributed by atoms with Crippen LogP contribution in [-0.4, -0.2) is 23.6 Å². The molecule has 1 atom stereocenters. The third kappa shape index (κ3) is 1.81. The Morgan fingerprint density at radius 2 is 2.43 bits per heavy atom. The summed E-state index contributed by atoms with van der Waals surface area (Å²) in [6.07, 6.45) is 2.42. The summed E-state index contributed by atoms with van der Waals surface area (Å²) in [6.45, 7) is 3.74. The van der Waals surface area contributed by atoms with Crippen LogP contribution >= 0.6 is 0 Å². The predicted octanol–water partition coefficient (Wildman–Crippen LogP) is 1.29. The number of aromatic amines is 1. The zero-order chi connectivity index (χ0) is 9.97. The Morgan fingerprint density at radius 1 is 1.57 bits per heavy atom. The van der Waals surface area contributed by atoms with Crippen LogP contribution in [0.25, 0.3) is 0 Å². The number of ether oxygens (including phenoxy) is 1. The van der Waals surface area contributed by atoms with E-state index in [-0.39, 0.29) is 0 Å². The van der Waals surface area contributed by atoms with Gasteiger partial charge in [-0.1, -0.05) is 0 Å². The van der Waals surface area contributed by atoms with E-state index in [1.54, 1.807) is 7.11 Å². The summed E-state index contributed by atoms with van der Waals surface area (Å²) in [6, 6.07) is 0.416. The fraction of sp³-hybridized carbons (Fsp3) is 0.700. The normalized spacial score (nSPS) is 21.7. The van der Waals surface area contributed by atoms with E-state index in [1.165, 1.54) is 12.8 Å². The van der Waals surface area contributed by atoms with E-state index in [1.807, 2.05) is 6.92 Å². The van der Waals surface area contributed by atoms with Crippen molar-refractivity contribution in [2.24, 2.45) is 0 Å². The van der Waals surface area contributed by atoms with E-state index >= 15 is 0 Å². The molecule has 1 aromatic rings. The van der Waals surface area contributed by atoms with E-state index in [4.69, 9.17) is 4.74 Å². The Balaban J connectivity index is 2.14. The van der Waals surface area contributed by atoms with Crippen LogP contribution in [0.1, 0.15) is 36.1 Å². The number of aryl methyl sites for hydroxylation is 1. The minimum absolute atomic E-state index is 0.416. The molecule has 4 nitrogen and oxygen atoms in total. The number of imidazole rings is 1. The van der Waals surface area contributed by atoms with Gasteiger partial charge in [-0.15, -0.1) is 0 Å². The van der Waals surface area contributed by atoms with Gasteiger partial charge in [0.1, 0.15) is 5.82 Å². The second-order valence-corrected chi connectivity index (χ2v) is 3.78. The second kappa shape index (κ2) is 4.11. The largest absolute Gasteiger partial charge is 0.378 e. The van der Waals surface area contributed by atoms with E-state index in [9.17, 15) is 0 Å². The van der Waals surface area contributed by atoms with Crippen molar-refractivity contribution in [3.05, 3.63) is 17.2 Å². The minimum atomic E-state index is 0.416. The molecular formula is C10H17N3O. The number of hydrogen-bond donors (Lipinski definition) is 2. The first-order valence-electron chi connectivity index (χ1n) is 5.09. The standard InChI is InChI=1S/C10H17N3O/c1-7-9(6-14-2)13-10(12-7)8-4-3-5-11-8/h8,11H,3-6H2,1-2H3,(H,12,13). The lowest BCUT2D eigenvalue weighted by molar-refractivity contribution is 0.181. The molecule has 0 spiro atoms. The molecule has 4 heteroatoms. The van der Waals surface area contributed by atoms with E-state index < -0.39 is 0 Å². The molecule has 1 fully saturated rings. The smallest absolute Gasteiger partial charge is 0.123 e. The molecule has 0 radical (unpaired) electrons. The molecule has 1 aliphatic rings. The molecule has 1 aromatic heterocycles. The minimum Gasteiger partial charge on any atom is -0.378 e. The number of aromatic nitrogens is 2. The maximum atomic E-state index is 5.08. The van der Waals surface area contributed by atoms with Crippen molar-refractivity contribution >= 4 is 0 Å². The first kappa shape index (κ1) is 9.68. The Kier molecular flexibility index (Phi) is 2.84. The summed E-state index contributed by atoms with van der Waals surface area (Å²) in [7, 11) is 1.70. The highest BCUT2D eigenvalue weighted by Gasteiger charge is 2.20. The summed E-state index contributed by atoms with van der Waals surface area (Å²) >= 11 is 0. The lowest BCUT2D eigenvalue weighted by Crippen LogP contribution is -2.14. The number of H-pyrrole nitrogens is 1. The van der Waals surface area contributed by atoms with E-state index in [0.29, 0.717) is 12.6 Å². The average molecular weight is 195 g/mol. The SMILES string of the molecule is COCc1nc(C2CCCN2)[nH]c1C. The van der Waals surface area contributed by atoms with Gasteiger partial charge in [-0.2, -0.15) is 0 Å². The molecule has 0 saturated carbocycles. The maximum Gasteiger partial charge on any atom is 0.123 e. The number of methoxy groups -OCH3 is 1. The van der Waals surface area contributed by atoms with Gasteiger partial charge in [0, 0.05) is 12.8 Å². The lowest BCUT2D eigenvalue weighted by atomic mass is 10.2. The van der Waals surface area contributed by atoms with Gasteiger partial charge in [-0.05, 0) is 26.3 Å². The molecule has 0 aromatic carbocycles. The van der Waals surface area contributed by atoms with Gasteiger partial charge < -0.3 is 15.0 Å². The van der Waals surface area contributed by atoms with E-state index in [0.717, 1.165) is 23.8 Å². The molecule has 14 heavy (non-hydrogen) atoms. The van der Waals surface area contributed by atoms with Gasteiger partial charge >= 0.3 is 0 Å². The molecule has 0 bridgehead atoms. The van der Waals surface area contributed by atoms with Crippen LogP contribution < -0.4 is 5.32 Å². The lowest BCUT2D eigenvalue weighted by Gasteiger charge is -2.04. The second-order valence-electron chi connectivity index (χ2n) is 3.78. The van der Waals surface area contributed by atoms with Crippen molar-refractivity contribution in [3.8, 4) is 0 Å². The first-order valence-corrected chi connectivity index (χ1v) is 5.09. The highest BCUT2D eigenvalue weighted by molar-refractivity contribution is 5.14. The van der Waals surface area contributed by atoms with Crippen LogP contribution in [0.15, 0.2) is 0 Å². The Labute approximate surface area is 84.1 Å². The first-order chi connectivity index (χ1) is 6.81. The van der Waals surface area contributed by atoms with Gasteiger partial charge in [-0.3, -0.25) is 0 Å². The van der Waals surface area contributed by atoms with Crippen LogP contribution in [0.5, 0.6) is 0 Å². The summed E-state index contributed by atoms with van der Waals surface area (Å²) in [4.78, 5) is 7.86. The predicted molar refractivity (Wildman–Crippen MR) is 54.0 cm³/mol. The van der Waals surface area contributed by atoms with Crippen molar-refractivity contribution in [2.75, 3.05) is 13.7 Å². The zero-order valence-electron chi connectivity index (χ0n) is 8.76. The summed E-state index contributed by atoms with van der Waals surface area (Å²) in [5.74, 6) is 1.06. The van der Waals surface area contributed by atoms with Crippen LogP contribution in [-0.2, 0) is 11.3 Å². The third-order valence-corrected chi connectivity index (χ3v) is 2.68. The van der Waals surface area contributed by atoms with E-state index in [2.05, 4.69) is 15.3 Å². The molecule has 1 aliphatic heterocycles. The van der Waals surface area contributed by atoms with Crippen LogP contribution in [0.3, 0.4) is 0 Å². The highest BCUT2D eigenvalue weighted by atomic mass is 16.5. The van der Waals surface area contributed by atoms with Gasteiger partial charge in [0.15, 0.2) is 0 Å². The molecule has 1 saturated heterocycles. The highest BCUT2D eigenvalue weighted by Crippen LogP contribution is 2.21. The quantitative estimate of drug-likeness (QED) is 0.764. The maximum absolute atomic E-state index is 5.08. The molecule has 0 aliphatic carbocycles. The van der Waals surface area contributed by atoms with Crippen LogP contribution in [0.4, 0.5) is 0 Å². The van der Waals surface area contributed by atoms with Gasteiger partial charge in [-0.25, -0.2) is 4.98 Å². The Morgan fingerprint density at radius 3 is 3.07 bits per heavy atom. The van der Waals surface area contributed by atoms with Gasteiger partial charge in [0.2, 0.25) is 0 Å². The van der Waals surface area contributed by atoms with Crippen molar-refractivity contribution in [1.82, 2.24) is 15.3 Å². The van der Waals surface area contributed by atoms with Crippen molar-refractivity contribution in [3.63, 3.8) is 0 Å². The molecule has 2 heterocycles. The van der Waals surface area contributed by atoms with Crippen molar-refractivity contribution in [1.29, 1.82) is 0 Å². The number of nitrogens with one attached hydrogen (secondary N) is 2. The molecule has 2 rings (SSSR count). The average Bonchev–Trinajstić information content (AvgIpc) is 2.76. The Bertz CT molecular complexity index is 302. The Hall–Kier alpha value is -0.870. The van der Waals surface area contributed by atoms with Crippen molar-refractivity contribution < 1.29 is 4.74 Å². The number of hydrogen-bond acceptors (Lipinski definition) is 3. The monoisotopic (exact) mass is 195 g/mol. The third-order valence-electron chi connectivity index (χ3n) is 2.68. The topological polar surface area (TPSA) is 49.9 Å². The van der Waals surface area contributed by atoms with Gasteiger partial charge in [0.25, 0.3) is 0 Å². The van der Waals surface area contributed by atoms with Crippen molar-refractivity contribution in [2.45, 2.75) is 32.4 Å². The number of rotatable bonds is 3. The zero-order valence-corrected chi connectivity index (χ0v) is 8.76. The number of nitrogens with zero attached hydrogens (tertiary/aromatic N) is 1. The molecule has 0 amide bonds. The van der Waals surface area contributed by atoms with Gasteiger partial charge in [0.05, 0.1) is 18.3 Å². The van der Waals surface area contributed by atoms with Crippen LogP contribution in [0.2, 0.25) is 0 Å². The molecular weight excluding hydrogens is 178 g/mol. The molecule has 78 valence electrons. The molecule has 1 unspecified atom stereocenters. The molecule has 2 N–H and O–H groups in total. The summed E-state index contributed by atoms with van der Waals surface area (Å²) in [5.41, 5.74) is 2.15. The summed E-state index contributed by atoms with van der Waals surface area (Å²) < 4.78 is 5.08. The van der Waals surface area contributed by atoms with Crippen LogP contribution in [0, 0.1) is 6.92 Å². The fourth-order valence-corrected chi connectivity index (χ4v) is 1.88. The summed E-state index contributed by atoms with van der Waals surface area (Å²) in [5, 5.41) is 3.42.